The van der Waals surface area contributed by atoms with Crippen molar-refractivity contribution in [2.24, 2.45) is 0 Å². The molecule has 128 valence electrons. The van der Waals surface area contributed by atoms with Crippen molar-refractivity contribution in [3.05, 3.63) is 41.3 Å². The van der Waals surface area contributed by atoms with Gasteiger partial charge in [-0.15, -0.1) is 0 Å². The van der Waals surface area contributed by atoms with Gasteiger partial charge >= 0.3 is 0 Å². The SMILES string of the molecule is CC(=O)N1CCN(c2nc(N)nc(C)c2C#Cc2cccnc2)CC1. The Labute approximate surface area is 146 Å². The van der Waals surface area contributed by atoms with Crippen LogP contribution in [0.4, 0.5) is 11.8 Å². The number of hydrogen-bond donors (Lipinski definition) is 1. The first-order valence-electron chi connectivity index (χ1n) is 8.11. The van der Waals surface area contributed by atoms with Crippen LogP contribution in [0.1, 0.15) is 23.7 Å². The minimum absolute atomic E-state index is 0.0922. The third-order valence-corrected chi connectivity index (χ3v) is 4.11. The van der Waals surface area contributed by atoms with E-state index in [4.69, 9.17) is 5.73 Å². The maximum absolute atomic E-state index is 11.5. The van der Waals surface area contributed by atoms with E-state index >= 15 is 0 Å². The highest BCUT2D eigenvalue weighted by atomic mass is 16.2. The first-order chi connectivity index (χ1) is 12.0. The van der Waals surface area contributed by atoms with Crippen LogP contribution in [0, 0.1) is 18.8 Å². The highest BCUT2D eigenvalue weighted by molar-refractivity contribution is 5.73. The summed E-state index contributed by atoms with van der Waals surface area (Å²) in [7, 11) is 0. The minimum Gasteiger partial charge on any atom is -0.368 e. The fourth-order valence-electron chi connectivity index (χ4n) is 2.76. The van der Waals surface area contributed by atoms with E-state index in [0.29, 0.717) is 26.2 Å². The lowest BCUT2D eigenvalue weighted by Gasteiger charge is -2.35. The normalized spacial score (nSPS) is 14.0. The van der Waals surface area contributed by atoms with Crippen molar-refractivity contribution in [1.82, 2.24) is 19.9 Å². The third-order valence-electron chi connectivity index (χ3n) is 4.11. The van der Waals surface area contributed by atoms with Crippen LogP contribution in [0.3, 0.4) is 0 Å². The van der Waals surface area contributed by atoms with Crippen LogP contribution in [0.2, 0.25) is 0 Å². The molecule has 3 heterocycles. The number of aromatic nitrogens is 3. The van der Waals surface area contributed by atoms with E-state index < -0.39 is 0 Å². The fourth-order valence-corrected chi connectivity index (χ4v) is 2.76. The summed E-state index contributed by atoms with van der Waals surface area (Å²) in [5, 5.41) is 0. The summed E-state index contributed by atoms with van der Waals surface area (Å²) in [6.45, 7) is 6.17. The van der Waals surface area contributed by atoms with Gasteiger partial charge in [-0.25, -0.2) is 4.98 Å². The molecule has 2 N–H and O–H groups in total. The van der Waals surface area contributed by atoms with Gasteiger partial charge in [0.1, 0.15) is 5.82 Å². The van der Waals surface area contributed by atoms with Crippen LogP contribution in [-0.2, 0) is 4.79 Å². The second kappa shape index (κ2) is 7.18. The summed E-state index contributed by atoms with van der Waals surface area (Å²) >= 11 is 0. The van der Waals surface area contributed by atoms with Gasteiger partial charge < -0.3 is 15.5 Å². The molecule has 2 aromatic rings. The maximum atomic E-state index is 11.5. The quantitative estimate of drug-likeness (QED) is 0.776. The highest BCUT2D eigenvalue weighted by Crippen LogP contribution is 2.22. The van der Waals surface area contributed by atoms with Gasteiger partial charge in [0.25, 0.3) is 0 Å². The van der Waals surface area contributed by atoms with Gasteiger partial charge in [-0.3, -0.25) is 9.78 Å². The lowest BCUT2D eigenvalue weighted by molar-refractivity contribution is -0.129. The molecule has 25 heavy (non-hydrogen) atoms. The Bertz CT molecular complexity index is 832. The zero-order valence-corrected chi connectivity index (χ0v) is 14.4. The molecule has 1 aliphatic heterocycles. The number of hydrogen-bond acceptors (Lipinski definition) is 6. The van der Waals surface area contributed by atoms with Crippen LogP contribution in [0.25, 0.3) is 0 Å². The summed E-state index contributed by atoms with van der Waals surface area (Å²) < 4.78 is 0. The van der Waals surface area contributed by atoms with E-state index in [9.17, 15) is 4.79 Å². The predicted molar refractivity (Wildman–Crippen MR) is 95.9 cm³/mol. The van der Waals surface area contributed by atoms with Crippen molar-refractivity contribution in [3.8, 4) is 11.8 Å². The van der Waals surface area contributed by atoms with Crippen LogP contribution < -0.4 is 10.6 Å². The van der Waals surface area contributed by atoms with Gasteiger partial charge in [0.2, 0.25) is 11.9 Å². The van der Waals surface area contributed by atoms with E-state index in [0.717, 1.165) is 22.6 Å². The molecule has 0 aromatic carbocycles. The van der Waals surface area contributed by atoms with Crippen LogP contribution in [0.5, 0.6) is 0 Å². The number of carbonyl (C=O) groups is 1. The first-order valence-corrected chi connectivity index (χ1v) is 8.11. The minimum atomic E-state index is 0.0922. The molecule has 0 atom stereocenters. The molecule has 1 saturated heterocycles. The number of nitrogens with zero attached hydrogens (tertiary/aromatic N) is 5. The molecule has 1 amide bonds. The average Bonchev–Trinajstić information content (AvgIpc) is 2.61. The Balaban J connectivity index is 1.92. The number of carbonyl (C=O) groups excluding carboxylic acids is 1. The zero-order valence-electron chi connectivity index (χ0n) is 14.4. The smallest absolute Gasteiger partial charge is 0.222 e. The number of pyridine rings is 1. The Morgan fingerprint density at radius 1 is 1.20 bits per heavy atom. The van der Waals surface area contributed by atoms with Gasteiger partial charge in [0.15, 0.2) is 0 Å². The highest BCUT2D eigenvalue weighted by Gasteiger charge is 2.22. The molecule has 3 rings (SSSR count). The van der Waals surface area contributed by atoms with Gasteiger partial charge in [0.05, 0.1) is 11.3 Å². The second-order valence-corrected chi connectivity index (χ2v) is 5.85. The van der Waals surface area contributed by atoms with Crippen molar-refractivity contribution >= 4 is 17.7 Å². The summed E-state index contributed by atoms with van der Waals surface area (Å²) in [4.78, 5) is 28.2. The summed E-state index contributed by atoms with van der Waals surface area (Å²) in [5.41, 5.74) is 8.17. The number of rotatable bonds is 1. The van der Waals surface area contributed by atoms with Gasteiger partial charge in [-0.2, -0.15) is 4.98 Å². The zero-order chi connectivity index (χ0) is 17.8. The number of nitrogens with two attached hydrogens (primary N) is 1. The van der Waals surface area contributed by atoms with Gasteiger partial charge in [-0.05, 0) is 19.1 Å². The van der Waals surface area contributed by atoms with Gasteiger partial charge in [-0.1, -0.05) is 11.8 Å². The number of anilines is 2. The molecule has 7 nitrogen and oxygen atoms in total. The number of nitrogen functional groups attached to an aromatic ring is 1. The molecular formula is C18H20N6O. The van der Waals surface area contributed by atoms with E-state index in [1.165, 1.54) is 0 Å². The van der Waals surface area contributed by atoms with Crippen molar-refractivity contribution in [2.45, 2.75) is 13.8 Å². The second-order valence-electron chi connectivity index (χ2n) is 5.85. The van der Waals surface area contributed by atoms with E-state index in [2.05, 4.69) is 31.7 Å². The molecule has 0 radical (unpaired) electrons. The third kappa shape index (κ3) is 3.86. The molecule has 0 saturated carbocycles. The standard InChI is InChI=1S/C18H20N6O/c1-13-16(6-5-15-4-3-7-20-12-15)17(22-18(19)21-13)24-10-8-23(9-11-24)14(2)25/h3-4,7,12H,8-11H2,1-2H3,(H2,19,21,22). The molecule has 0 spiro atoms. The van der Waals surface area contributed by atoms with Crippen molar-refractivity contribution in [2.75, 3.05) is 36.8 Å². The van der Waals surface area contributed by atoms with Crippen molar-refractivity contribution in [3.63, 3.8) is 0 Å². The van der Waals surface area contributed by atoms with Crippen LogP contribution >= 0.6 is 0 Å². The van der Waals surface area contributed by atoms with E-state index in [1.807, 2.05) is 24.0 Å². The molecule has 1 aliphatic rings. The molecular weight excluding hydrogens is 316 g/mol. The average molecular weight is 336 g/mol. The molecule has 1 fully saturated rings. The first kappa shape index (κ1) is 16.7. The Morgan fingerprint density at radius 2 is 1.96 bits per heavy atom. The molecule has 7 heteroatoms. The van der Waals surface area contributed by atoms with Gasteiger partial charge in [0, 0.05) is 51.1 Å². The van der Waals surface area contributed by atoms with Crippen molar-refractivity contribution < 1.29 is 4.79 Å². The lowest BCUT2D eigenvalue weighted by atomic mass is 10.1. The Hall–Kier alpha value is -3.14. The van der Waals surface area contributed by atoms with E-state index in [1.54, 1.807) is 19.3 Å². The summed E-state index contributed by atoms with van der Waals surface area (Å²) in [5.74, 6) is 7.32. The summed E-state index contributed by atoms with van der Waals surface area (Å²) in [6.07, 6.45) is 3.43. The molecule has 0 bridgehead atoms. The molecule has 2 aromatic heterocycles. The predicted octanol–water partition coefficient (Wildman–Crippen LogP) is 0.831. The largest absolute Gasteiger partial charge is 0.368 e. The number of aryl methyl sites for hydroxylation is 1. The molecule has 0 unspecified atom stereocenters. The fraction of sp³-hybridized carbons (Fsp3) is 0.333. The maximum Gasteiger partial charge on any atom is 0.222 e. The van der Waals surface area contributed by atoms with E-state index in [-0.39, 0.29) is 11.9 Å². The lowest BCUT2D eigenvalue weighted by Crippen LogP contribution is -2.48. The number of amides is 1. The topological polar surface area (TPSA) is 88.2 Å². The van der Waals surface area contributed by atoms with Crippen molar-refractivity contribution in [1.29, 1.82) is 0 Å². The number of piperazine rings is 1. The molecule has 0 aliphatic carbocycles. The van der Waals surface area contributed by atoms with Crippen LogP contribution in [-0.4, -0.2) is 51.9 Å². The Kier molecular flexibility index (Phi) is 4.80. The van der Waals surface area contributed by atoms with Crippen LogP contribution in [0.15, 0.2) is 24.5 Å². The summed E-state index contributed by atoms with van der Waals surface area (Å²) in [6, 6.07) is 3.75. The Morgan fingerprint density at radius 3 is 2.60 bits per heavy atom. The monoisotopic (exact) mass is 336 g/mol.